The van der Waals surface area contributed by atoms with E-state index in [0.29, 0.717) is 23.9 Å². The van der Waals surface area contributed by atoms with Crippen LogP contribution in [0.4, 0.5) is 0 Å². The maximum absolute atomic E-state index is 12.3. The third-order valence-corrected chi connectivity index (χ3v) is 3.76. The van der Waals surface area contributed by atoms with Crippen molar-refractivity contribution in [3.05, 3.63) is 28.8 Å². The van der Waals surface area contributed by atoms with E-state index in [1.807, 2.05) is 19.1 Å². The van der Waals surface area contributed by atoms with E-state index in [1.54, 1.807) is 17.9 Å². The highest BCUT2D eigenvalue weighted by atomic mass is 35.5. The predicted octanol–water partition coefficient (Wildman–Crippen LogP) is 2.40. The number of nitrogens with zero attached hydrogens (tertiary/aromatic N) is 1. The van der Waals surface area contributed by atoms with E-state index in [0.717, 1.165) is 18.4 Å². The highest BCUT2D eigenvalue weighted by Gasteiger charge is 2.27. The second-order valence-corrected chi connectivity index (χ2v) is 5.68. The number of β-amino-alcohol motifs (C(OH)–C–C–N with tert-alkyl or cyclic N) is 1. The quantitative estimate of drug-likeness (QED) is 0.932. The van der Waals surface area contributed by atoms with Crippen molar-refractivity contribution in [2.45, 2.75) is 38.9 Å². The molecule has 1 N–H and O–H groups in total. The molecule has 0 aliphatic carbocycles. The maximum atomic E-state index is 12.3. The van der Waals surface area contributed by atoms with Crippen LogP contribution >= 0.6 is 11.6 Å². The Kier molecular flexibility index (Phi) is 4.89. The summed E-state index contributed by atoms with van der Waals surface area (Å²) in [5, 5.41) is 10.1. The molecule has 0 radical (unpaired) electrons. The molecule has 110 valence electrons. The van der Waals surface area contributed by atoms with Gasteiger partial charge in [-0.25, -0.2) is 0 Å². The molecule has 1 aromatic rings. The number of likely N-dealkylation sites (tertiary alicyclic amines) is 1. The van der Waals surface area contributed by atoms with Crippen molar-refractivity contribution in [3.8, 4) is 5.75 Å². The molecule has 0 saturated carbocycles. The number of ether oxygens (including phenoxy) is 1. The molecule has 2 rings (SSSR count). The number of hydrogen-bond donors (Lipinski definition) is 1. The van der Waals surface area contributed by atoms with Crippen LogP contribution < -0.4 is 4.74 Å². The first kappa shape index (κ1) is 15.1. The van der Waals surface area contributed by atoms with Gasteiger partial charge in [-0.15, -0.1) is 0 Å². The van der Waals surface area contributed by atoms with Crippen molar-refractivity contribution in [2.75, 3.05) is 13.1 Å². The van der Waals surface area contributed by atoms with E-state index in [2.05, 4.69) is 0 Å². The van der Waals surface area contributed by atoms with Gasteiger partial charge in [-0.1, -0.05) is 17.7 Å². The van der Waals surface area contributed by atoms with Crippen LogP contribution in [0.25, 0.3) is 0 Å². The average Bonchev–Trinajstić information content (AvgIpc) is 2.42. The lowest BCUT2D eigenvalue weighted by atomic mass is 10.1. The third-order valence-electron chi connectivity index (χ3n) is 3.45. The summed E-state index contributed by atoms with van der Waals surface area (Å²) in [6, 6.07) is 5.47. The van der Waals surface area contributed by atoms with E-state index in [9.17, 15) is 9.90 Å². The molecule has 0 spiro atoms. The first-order valence-corrected chi connectivity index (χ1v) is 7.25. The predicted molar refractivity (Wildman–Crippen MR) is 78.1 cm³/mol. The molecule has 0 aromatic heterocycles. The first-order valence-electron chi connectivity index (χ1n) is 6.87. The molecule has 20 heavy (non-hydrogen) atoms. The van der Waals surface area contributed by atoms with Crippen molar-refractivity contribution in [1.29, 1.82) is 0 Å². The van der Waals surface area contributed by atoms with Crippen LogP contribution in [0.2, 0.25) is 5.02 Å². The van der Waals surface area contributed by atoms with Crippen LogP contribution in [0.15, 0.2) is 18.2 Å². The highest BCUT2D eigenvalue weighted by Crippen LogP contribution is 2.26. The van der Waals surface area contributed by atoms with Crippen LogP contribution in [0, 0.1) is 6.92 Å². The molecule has 1 heterocycles. The Morgan fingerprint density at radius 1 is 1.55 bits per heavy atom. The Morgan fingerprint density at radius 3 is 3.00 bits per heavy atom. The smallest absolute Gasteiger partial charge is 0.263 e. The fraction of sp³-hybridized carbons (Fsp3) is 0.533. The number of carbonyl (C=O) groups is 1. The lowest BCUT2D eigenvalue weighted by Crippen LogP contribution is -2.47. The van der Waals surface area contributed by atoms with Gasteiger partial charge in [-0.2, -0.15) is 0 Å². The minimum atomic E-state index is -0.611. The number of aliphatic hydroxyl groups is 1. The fourth-order valence-electron chi connectivity index (χ4n) is 2.35. The number of carbonyl (C=O) groups excluding carboxylic acids is 1. The minimum Gasteiger partial charge on any atom is -0.479 e. The van der Waals surface area contributed by atoms with Crippen molar-refractivity contribution in [1.82, 2.24) is 4.90 Å². The summed E-state index contributed by atoms with van der Waals surface area (Å²) < 4.78 is 5.67. The van der Waals surface area contributed by atoms with E-state index in [-0.39, 0.29) is 5.91 Å². The van der Waals surface area contributed by atoms with E-state index in [4.69, 9.17) is 16.3 Å². The van der Waals surface area contributed by atoms with Gasteiger partial charge in [0.25, 0.3) is 5.91 Å². The topological polar surface area (TPSA) is 49.8 Å². The maximum Gasteiger partial charge on any atom is 0.263 e. The molecular weight excluding hydrogens is 278 g/mol. The monoisotopic (exact) mass is 297 g/mol. The van der Waals surface area contributed by atoms with Crippen LogP contribution in [0.3, 0.4) is 0 Å². The summed E-state index contributed by atoms with van der Waals surface area (Å²) in [4.78, 5) is 13.9. The molecule has 1 amide bonds. The molecule has 1 aliphatic rings. The zero-order chi connectivity index (χ0) is 14.7. The molecule has 2 unspecified atom stereocenters. The summed E-state index contributed by atoms with van der Waals surface area (Å²) >= 11 is 6.06. The molecule has 4 nitrogen and oxygen atoms in total. The zero-order valence-electron chi connectivity index (χ0n) is 11.8. The number of halogens is 1. The van der Waals surface area contributed by atoms with Crippen molar-refractivity contribution in [2.24, 2.45) is 0 Å². The molecular formula is C15H20ClNO3. The van der Waals surface area contributed by atoms with Crippen molar-refractivity contribution < 1.29 is 14.6 Å². The summed E-state index contributed by atoms with van der Waals surface area (Å²) in [5.74, 6) is 0.409. The van der Waals surface area contributed by atoms with Gasteiger partial charge in [0.15, 0.2) is 6.10 Å². The Hall–Kier alpha value is -1.26. The van der Waals surface area contributed by atoms with Crippen LogP contribution in [-0.4, -0.2) is 41.2 Å². The highest BCUT2D eigenvalue weighted by molar-refractivity contribution is 6.32. The molecule has 5 heteroatoms. The number of amides is 1. The number of hydrogen-bond acceptors (Lipinski definition) is 3. The van der Waals surface area contributed by atoms with Crippen LogP contribution in [0.5, 0.6) is 5.75 Å². The van der Waals surface area contributed by atoms with Gasteiger partial charge in [0.2, 0.25) is 0 Å². The lowest BCUT2D eigenvalue weighted by Gasteiger charge is -2.32. The molecule has 0 bridgehead atoms. The lowest BCUT2D eigenvalue weighted by molar-refractivity contribution is -0.141. The molecule has 1 aliphatic heterocycles. The molecule has 1 aromatic carbocycles. The van der Waals surface area contributed by atoms with Gasteiger partial charge in [-0.3, -0.25) is 4.79 Å². The van der Waals surface area contributed by atoms with Crippen molar-refractivity contribution in [3.63, 3.8) is 0 Å². The molecule has 1 saturated heterocycles. The summed E-state index contributed by atoms with van der Waals surface area (Å²) in [6.07, 6.45) is 0.537. The van der Waals surface area contributed by atoms with Gasteiger partial charge in [0.1, 0.15) is 5.75 Å². The zero-order valence-corrected chi connectivity index (χ0v) is 12.6. The second-order valence-electron chi connectivity index (χ2n) is 5.27. The van der Waals surface area contributed by atoms with Crippen LogP contribution in [-0.2, 0) is 4.79 Å². The van der Waals surface area contributed by atoms with E-state index < -0.39 is 12.2 Å². The van der Waals surface area contributed by atoms with Gasteiger partial charge in [0.05, 0.1) is 11.1 Å². The van der Waals surface area contributed by atoms with Gasteiger partial charge >= 0.3 is 0 Å². The Bertz CT molecular complexity index is 492. The number of aliphatic hydroxyl groups excluding tert-OH is 1. The minimum absolute atomic E-state index is 0.110. The average molecular weight is 298 g/mol. The Labute approximate surface area is 124 Å². The summed E-state index contributed by atoms with van der Waals surface area (Å²) in [5.41, 5.74) is 1.03. The number of benzene rings is 1. The molecule has 1 fully saturated rings. The van der Waals surface area contributed by atoms with Gasteiger partial charge < -0.3 is 14.7 Å². The third kappa shape index (κ3) is 3.64. The van der Waals surface area contributed by atoms with Gasteiger partial charge in [-0.05, 0) is 44.4 Å². The number of rotatable bonds is 3. The molecule has 2 atom stereocenters. The second kappa shape index (κ2) is 6.46. The first-order chi connectivity index (χ1) is 9.47. The summed E-state index contributed by atoms with van der Waals surface area (Å²) in [6.45, 7) is 4.71. The van der Waals surface area contributed by atoms with Crippen LogP contribution in [0.1, 0.15) is 25.3 Å². The largest absolute Gasteiger partial charge is 0.479 e. The Balaban J connectivity index is 2.01. The van der Waals surface area contributed by atoms with Gasteiger partial charge in [0, 0.05) is 13.1 Å². The SMILES string of the molecule is Cc1ccc(Cl)c(OC(C)C(=O)N2CCCC(O)C2)c1. The fourth-order valence-corrected chi connectivity index (χ4v) is 2.52. The number of piperidine rings is 1. The van der Waals surface area contributed by atoms with E-state index >= 15 is 0 Å². The van der Waals surface area contributed by atoms with Crippen molar-refractivity contribution >= 4 is 17.5 Å². The number of aryl methyl sites for hydroxylation is 1. The normalized spacial score (nSPS) is 20.6. The standard InChI is InChI=1S/C15H20ClNO3/c1-10-5-6-13(16)14(8-10)20-11(2)15(19)17-7-3-4-12(18)9-17/h5-6,8,11-12,18H,3-4,7,9H2,1-2H3. The summed E-state index contributed by atoms with van der Waals surface area (Å²) in [7, 11) is 0. The van der Waals surface area contributed by atoms with E-state index in [1.165, 1.54) is 0 Å². The Morgan fingerprint density at radius 2 is 2.30 bits per heavy atom.